The van der Waals surface area contributed by atoms with Crippen LogP contribution in [0.4, 0.5) is 17.1 Å². The molecule has 0 bridgehead atoms. The number of phenols is 1. The highest BCUT2D eigenvalue weighted by Gasteiger charge is 2.48. The molecule has 30 heavy (non-hydrogen) atoms. The van der Waals surface area contributed by atoms with Gasteiger partial charge in [-0.05, 0) is 81.5 Å². The van der Waals surface area contributed by atoms with Crippen molar-refractivity contribution in [1.29, 1.82) is 0 Å². The van der Waals surface area contributed by atoms with Crippen molar-refractivity contribution in [3.05, 3.63) is 48.5 Å². The summed E-state index contributed by atoms with van der Waals surface area (Å²) in [5.74, 6) is 0.309. The zero-order chi connectivity index (χ0) is 21.5. The van der Waals surface area contributed by atoms with Crippen LogP contribution in [-0.2, 0) is 4.79 Å². The fourth-order valence-electron chi connectivity index (χ4n) is 4.29. The molecule has 7 heteroatoms. The van der Waals surface area contributed by atoms with Gasteiger partial charge in [-0.1, -0.05) is 0 Å². The minimum Gasteiger partial charge on any atom is -0.508 e. The predicted molar refractivity (Wildman–Crippen MR) is 126 cm³/mol. The van der Waals surface area contributed by atoms with Gasteiger partial charge in [0, 0.05) is 44.1 Å². The van der Waals surface area contributed by atoms with Gasteiger partial charge in [-0.25, -0.2) is 0 Å². The minimum atomic E-state index is -0.616. The molecule has 2 saturated heterocycles. The maximum Gasteiger partial charge on any atom is 0.258 e. The molecule has 6 nitrogen and oxygen atoms in total. The highest BCUT2D eigenvalue weighted by atomic mass is 32.1. The first kappa shape index (κ1) is 20.5. The minimum absolute atomic E-state index is 0.0182. The van der Waals surface area contributed by atoms with Crippen molar-refractivity contribution in [2.45, 2.75) is 26.3 Å². The molecule has 0 aliphatic carbocycles. The Morgan fingerprint density at radius 3 is 1.73 bits per heavy atom. The summed E-state index contributed by atoms with van der Waals surface area (Å²) in [5, 5.41) is 10.0. The Balaban J connectivity index is 1.44. The van der Waals surface area contributed by atoms with Gasteiger partial charge in [0.05, 0.1) is 5.69 Å². The van der Waals surface area contributed by atoms with Crippen LogP contribution in [0, 0.1) is 0 Å². The molecule has 0 aromatic heterocycles. The first-order valence-corrected chi connectivity index (χ1v) is 10.8. The van der Waals surface area contributed by atoms with E-state index < -0.39 is 5.54 Å². The molecule has 0 atom stereocenters. The van der Waals surface area contributed by atoms with Gasteiger partial charge in [0.2, 0.25) is 0 Å². The number of phenolic OH excluding ortho intramolecular Hbond substituents is 1. The van der Waals surface area contributed by atoms with Crippen LogP contribution in [0.2, 0.25) is 0 Å². The number of likely N-dealkylation sites (N-methyl/N-ethyl adjacent to an activating group) is 1. The second kappa shape index (κ2) is 7.80. The van der Waals surface area contributed by atoms with E-state index in [0.717, 1.165) is 43.2 Å². The molecule has 2 aliphatic heterocycles. The molecular weight excluding hydrogens is 396 g/mol. The van der Waals surface area contributed by atoms with Crippen molar-refractivity contribution in [3.63, 3.8) is 0 Å². The Hall–Kier alpha value is -2.80. The SMILES string of the molecule is CCN1C(=S)N(c2ccc(N3CCN(c4ccc(O)cc4)CC3)cc2)C(=O)C1(C)C. The molecular formula is C23H28N4O2S. The van der Waals surface area contributed by atoms with Gasteiger partial charge in [-0.2, -0.15) is 0 Å². The standard InChI is InChI=1S/C23H28N4O2S/c1-4-26-22(30)27(21(29)23(26,2)3)19-7-5-17(6-8-19)24-13-15-25(16-14-24)18-9-11-20(28)12-10-18/h5-12,28H,4,13-16H2,1-3H3. The van der Waals surface area contributed by atoms with Gasteiger partial charge in [0.25, 0.3) is 5.91 Å². The number of carbonyl (C=O) groups is 1. The van der Waals surface area contributed by atoms with Gasteiger partial charge >= 0.3 is 0 Å². The number of hydrogen-bond acceptors (Lipinski definition) is 5. The lowest BCUT2D eigenvalue weighted by atomic mass is 10.0. The molecule has 0 saturated carbocycles. The fourth-order valence-corrected chi connectivity index (χ4v) is 4.84. The Bertz CT molecular complexity index is 935. The maximum atomic E-state index is 13.0. The van der Waals surface area contributed by atoms with Crippen molar-refractivity contribution in [1.82, 2.24) is 4.90 Å². The zero-order valence-electron chi connectivity index (χ0n) is 17.7. The van der Waals surface area contributed by atoms with Crippen molar-refractivity contribution < 1.29 is 9.90 Å². The van der Waals surface area contributed by atoms with Gasteiger partial charge in [0.1, 0.15) is 11.3 Å². The van der Waals surface area contributed by atoms with Crippen LogP contribution >= 0.6 is 12.2 Å². The number of hydrogen-bond donors (Lipinski definition) is 1. The average molecular weight is 425 g/mol. The third-order valence-electron chi connectivity index (χ3n) is 6.11. The highest BCUT2D eigenvalue weighted by molar-refractivity contribution is 7.80. The lowest BCUT2D eigenvalue weighted by Gasteiger charge is -2.37. The Morgan fingerprint density at radius 2 is 1.30 bits per heavy atom. The van der Waals surface area contributed by atoms with E-state index in [9.17, 15) is 9.90 Å². The largest absolute Gasteiger partial charge is 0.508 e. The number of thiocarbonyl (C=S) groups is 1. The second-order valence-electron chi connectivity index (χ2n) is 8.23. The zero-order valence-corrected chi connectivity index (χ0v) is 18.5. The molecule has 2 aromatic rings. The number of piperazine rings is 1. The Kier molecular flexibility index (Phi) is 5.32. The van der Waals surface area contributed by atoms with Gasteiger partial charge in [-0.15, -0.1) is 0 Å². The summed E-state index contributed by atoms with van der Waals surface area (Å²) in [6, 6.07) is 15.5. The topological polar surface area (TPSA) is 50.3 Å². The molecule has 1 amide bonds. The summed E-state index contributed by atoms with van der Waals surface area (Å²) in [6.07, 6.45) is 0. The quantitative estimate of drug-likeness (QED) is 0.759. The number of aromatic hydroxyl groups is 1. The average Bonchev–Trinajstić information content (AvgIpc) is 2.92. The van der Waals surface area contributed by atoms with Crippen LogP contribution in [-0.4, -0.2) is 59.3 Å². The number of nitrogens with zero attached hydrogens (tertiary/aromatic N) is 4. The van der Waals surface area contributed by atoms with E-state index >= 15 is 0 Å². The highest BCUT2D eigenvalue weighted by Crippen LogP contribution is 2.33. The number of anilines is 3. The van der Waals surface area contributed by atoms with E-state index in [0.29, 0.717) is 17.4 Å². The molecule has 0 radical (unpaired) electrons. The summed E-state index contributed by atoms with van der Waals surface area (Å²) >= 11 is 5.59. The summed E-state index contributed by atoms with van der Waals surface area (Å²) < 4.78 is 0. The number of amides is 1. The molecule has 2 aliphatic rings. The third-order valence-corrected chi connectivity index (χ3v) is 6.51. The van der Waals surface area contributed by atoms with Crippen molar-refractivity contribution in [2.75, 3.05) is 47.4 Å². The molecule has 2 heterocycles. The number of carbonyl (C=O) groups excluding carboxylic acids is 1. The van der Waals surface area contributed by atoms with Gasteiger partial charge in [-0.3, -0.25) is 9.69 Å². The van der Waals surface area contributed by atoms with E-state index in [2.05, 4.69) is 21.9 Å². The smallest absolute Gasteiger partial charge is 0.258 e. The van der Waals surface area contributed by atoms with Crippen LogP contribution in [0.3, 0.4) is 0 Å². The third kappa shape index (κ3) is 3.47. The first-order chi connectivity index (χ1) is 14.3. The van der Waals surface area contributed by atoms with Crippen LogP contribution < -0.4 is 14.7 Å². The molecule has 0 spiro atoms. The van der Waals surface area contributed by atoms with E-state index in [1.165, 1.54) is 0 Å². The summed E-state index contributed by atoms with van der Waals surface area (Å²) in [7, 11) is 0. The van der Waals surface area contributed by atoms with Crippen LogP contribution in [0.1, 0.15) is 20.8 Å². The monoisotopic (exact) mass is 424 g/mol. The van der Waals surface area contributed by atoms with Crippen molar-refractivity contribution in [3.8, 4) is 5.75 Å². The summed E-state index contributed by atoms with van der Waals surface area (Å²) in [5.41, 5.74) is 2.48. The Morgan fingerprint density at radius 1 is 0.867 bits per heavy atom. The molecule has 2 fully saturated rings. The fraction of sp³-hybridized carbons (Fsp3) is 0.391. The lowest BCUT2D eigenvalue weighted by Crippen LogP contribution is -2.46. The van der Waals surface area contributed by atoms with Crippen molar-refractivity contribution >= 4 is 40.3 Å². The van der Waals surface area contributed by atoms with E-state index in [4.69, 9.17) is 12.2 Å². The van der Waals surface area contributed by atoms with E-state index in [1.807, 2.05) is 49.9 Å². The molecule has 4 rings (SSSR count). The molecule has 2 aromatic carbocycles. The van der Waals surface area contributed by atoms with E-state index in [-0.39, 0.29) is 5.91 Å². The van der Waals surface area contributed by atoms with Crippen LogP contribution in [0.25, 0.3) is 0 Å². The van der Waals surface area contributed by atoms with Gasteiger partial charge in [0.15, 0.2) is 5.11 Å². The number of rotatable bonds is 4. The summed E-state index contributed by atoms with van der Waals surface area (Å²) in [4.78, 5) is 21.3. The Labute approximate surface area is 183 Å². The lowest BCUT2D eigenvalue weighted by molar-refractivity contribution is -0.123. The number of benzene rings is 2. The summed E-state index contributed by atoms with van der Waals surface area (Å²) in [6.45, 7) is 10.2. The molecule has 0 unspecified atom stereocenters. The first-order valence-electron chi connectivity index (χ1n) is 10.4. The van der Waals surface area contributed by atoms with Crippen LogP contribution in [0.5, 0.6) is 5.75 Å². The molecule has 158 valence electrons. The maximum absolute atomic E-state index is 13.0. The van der Waals surface area contributed by atoms with E-state index in [1.54, 1.807) is 17.0 Å². The second-order valence-corrected chi connectivity index (χ2v) is 8.60. The van der Waals surface area contributed by atoms with Gasteiger partial charge < -0.3 is 19.8 Å². The van der Waals surface area contributed by atoms with Crippen molar-refractivity contribution in [2.24, 2.45) is 0 Å². The molecule has 1 N–H and O–H groups in total. The predicted octanol–water partition coefficient (Wildman–Crippen LogP) is 3.45. The van der Waals surface area contributed by atoms with Crippen LogP contribution in [0.15, 0.2) is 48.5 Å². The normalized spacial score (nSPS) is 19.0.